The van der Waals surface area contributed by atoms with Crippen molar-refractivity contribution in [2.75, 3.05) is 13.7 Å². The van der Waals surface area contributed by atoms with Gasteiger partial charge in [-0.05, 0) is 19.8 Å². The quantitative estimate of drug-likeness (QED) is 0.244. The predicted molar refractivity (Wildman–Crippen MR) is 56.6 cm³/mol. The number of amidine groups is 1. The van der Waals surface area contributed by atoms with Crippen molar-refractivity contribution in [2.24, 2.45) is 10.9 Å². The smallest absolute Gasteiger partial charge is 0.156 e. The lowest BCUT2D eigenvalue weighted by molar-refractivity contribution is 0.184. The summed E-state index contributed by atoms with van der Waals surface area (Å²) < 4.78 is 4.96. The number of nitrogens with zero attached hydrogens (tertiary/aromatic N) is 1. The zero-order chi connectivity index (χ0) is 11.0. The van der Waals surface area contributed by atoms with E-state index >= 15 is 0 Å². The van der Waals surface area contributed by atoms with Gasteiger partial charge < -0.3 is 21.0 Å². The summed E-state index contributed by atoms with van der Waals surface area (Å²) in [5, 5.41) is 14.8. The predicted octanol–water partition coefficient (Wildman–Crippen LogP) is 0.526. The van der Waals surface area contributed by atoms with Gasteiger partial charge in [-0.1, -0.05) is 12.1 Å². The second-order valence-corrected chi connectivity index (χ2v) is 3.33. The fourth-order valence-electron chi connectivity index (χ4n) is 1.20. The molecule has 0 amide bonds. The summed E-state index contributed by atoms with van der Waals surface area (Å²) in [6.45, 7) is 4.74. The van der Waals surface area contributed by atoms with Crippen LogP contribution in [0, 0.1) is 0 Å². The molecule has 0 aliphatic carbocycles. The molecule has 2 atom stereocenters. The van der Waals surface area contributed by atoms with Gasteiger partial charge >= 0.3 is 0 Å². The highest BCUT2D eigenvalue weighted by Crippen LogP contribution is 1.97. The maximum absolute atomic E-state index is 8.52. The van der Waals surface area contributed by atoms with E-state index in [1.54, 1.807) is 7.11 Å². The summed E-state index contributed by atoms with van der Waals surface area (Å²) in [4.78, 5) is 0. The number of nitrogens with two attached hydrogens (primary N) is 1. The number of oxime groups is 1. The highest BCUT2D eigenvalue weighted by molar-refractivity contribution is 5.85. The first kappa shape index (κ1) is 13.2. The molecule has 0 aliphatic heterocycles. The molecule has 0 rings (SSSR count). The van der Waals surface area contributed by atoms with Crippen molar-refractivity contribution in [3.8, 4) is 0 Å². The van der Waals surface area contributed by atoms with Crippen molar-refractivity contribution in [3.05, 3.63) is 0 Å². The Morgan fingerprint density at radius 2 is 2.29 bits per heavy atom. The van der Waals surface area contributed by atoms with E-state index in [4.69, 9.17) is 15.7 Å². The van der Waals surface area contributed by atoms with Crippen LogP contribution in [0.3, 0.4) is 0 Å². The minimum absolute atomic E-state index is 0.0631. The zero-order valence-electron chi connectivity index (χ0n) is 9.16. The first-order valence-corrected chi connectivity index (χ1v) is 4.88. The zero-order valence-corrected chi connectivity index (χ0v) is 9.16. The van der Waals surface area contributed by atoms with Gasteiger partial charge in [-0.15, -0.1) is 0 Å². The minimum Gasteiger partial charge on any atom is -0.409 e. The van der Waals surface area contributed by atoms with Crippen LogP contribution in [0.25, 0.3) is 0 Å². The van der Waals surface area contributed by atoms with Gasteiger partial charge in [-0.2, -0.15) is 0 Å². The van der Waals surface area contributed by atoms with Gasteiger partial charge in [0, 0.05) is 19.8 Å². The largest absolute Gasteiger partial charge is 0.409 e. The van der Waals surface area contributed by atoms with Gasteiger partial charge in [0.15, 0.2) is 5.84 Å². The van der Waals surface area contributed by atoms with Crippen molar-refractivity contribution in [1.82, 2.24) is 5.32 Å². The van der Waals surface area contributed by atoms with Gasteiger partial charge in [-0.25, -0.2) is 0 Å². The van der Waals surface area contributed by atoms with E-state index in [0.29, 0.717) is 12.6 Å². The van der Waals surface area contributed by atoms with Crippen LogP contribution < -0.4 is 11.1 Å². The molecular weight excluding hydrogens is 182 g/mol. The molecule has 0 aliphatic rings. The van der Waals surface area contributed by atoms with Gasteiger partial charge in [0.05, 0.1) is 6.04 Å². The van der Waals surface area contributed by atoms with E-state index in [1.165, 1.54) is 0 Å². The van der Waals surface area contributed by atoms with Gasteiger partial charge in [0.25, 0.3) is 0 Å². The van der Waals surface area contributed by atoms with E-state index in [9.17, 15) is 0 Å². The van der Waals surface area contributed by atoms with Crippen LogP contribution in [0.1, 0.15) is 26.7 Å². The fraction of sp³-hybridized carbons (Fsp3) is 0.889. The van der Waals surface area contributed by atoms with Crippen LogP contribution >= 0.6 is 0 Å². The summed E-state index contributed by atoms with van der Waals surface area (Å²) >= 11 is 0. The molecule has 14 heavy (non-hydrogen) atoms. The third-order valence-electron chi connectivity index (χ3n) is 2.12. The molecular formula is C9H21N3O2. The van der Waals surface area contributed by atoms with E-state index in [-0.39, 0.29) is 11.9 Å². The second-order valence-electron chi connectivity index (χ2n) is 3.33. The molecule has 5 nitrogen and oxygen atoms in total. The Bertz CT molecular complexity index is 173. The third kappa shape index (κ3) is 5.04. The molecule has 5 heteroatoms. The van der Waals surface area contributed by atoms with E-state index in [2.05, 4.69) is 10.5 Å². The van der Waals surface area contributed by atoms with Crippen molar-refractivity contribution in [3.63, 3.8) is 0 Å². The molecule has 0 saturated heterocycles. The molecule has 0 aromatic rings. The lowest BCUT2D eigenvalue weighted by Gasteiger charge is -2.20. The van der Waals surface area contributed by atoms with Crippen molar-refractivity contribution in [1.29, 1.82) is 0 Å². The monoisotopic (exact) mass is 203 g/mol. The SMILES string of the molecule is CCC(NC(C)CCOC)C(N)=NO. The summed E-state index contributed by atoms with van der Waals surface area (Å²) in [7, 11) is 1.67. The molecule has 84 valence electrons. The van der Waals surface area contributed by atoms with Crippen LogP contribution in [0.15, 0.2) is 5.16 Å². The molecule has 0 radical (unpaired) electrons. The van der Waals surface area contributed by atoms with Crippen molar-refractivity contribution < 1.29 is 9.94 Å². The topological polar surface area (TPSA) is 79.9 Å². The number of methoxy groups -OCH3 is 1. The van der Waals surface area contributed by atoms with Gasteiger partial charge in [-0.3, -0.25) is 0 Å². The normalized spacial score (nSPS) is 16.6. The van der Waals surface area contributed by atoms with Crippen LogP contribution in [0.4, 0.5) is 0 Å². The number of ether oxygens (including phenoxy) is 1. The lowest BCUT2D eigenvalue weighted by Crippen LogP contribution is -2.45. The van der Waals surface area contributed by atoms with E-state index < -0.39 is 0 Å². The van der Waals surface area contributed by atoms with Crippen molar-refractivity contribution >= 4 is 5.84 Å². The summed E-state index contributed by atoms with van der Waals surface area (Å²) in [6, 6.07) is 0.229. The van der Waals surface area contributed by atoms with Gasteiger partial charge in [0.2, 0.25) is 0 Å². The van der Waals surface area contributed by atoms with Gasteiger partial charge in [0.1, 0.15) is 0 Å². The molecule has 0 bridgehead atoms. The summed E-state index contributed by atoms with van der Waals surface area (Å²) in [6.07, 6.45) is 1.71. The Kier molecular flexibility index (Phi) is 7.14. The number of hydrogen-bond donors (Lipinski definition) is 3. The summed E-state index contributed by atoms with van der Waals surface area (Å²) in [5.41, 5.74) is 5.51. The van der Waals surface area contributed by atoms with Crippen LogP contribution in [0.5, 0.6) is 0 Å². The number of rotatable bonds is 7. The molecule has 0 aromatic heterocycles. The molecule has 2 unspecified atom stereocenters. The molecule has 0 aromatic carbocycles. The Labute approximate surface area is 85.3 Å². The Morgan fingerprint density at radius 3 is 2.71 bits per heavy atom. The Balaban J connectivity index is 3.92. The standard InChI is InChI=1S/C9H21N3O2/c1-4-8(9(10)12-13)11-7(2)5-6-14-3/h7-8,11,13H,4-6H2,1-3H3,(H2,10,12). The molecule has 0 spiro atoms. The number of nitrogens with one attached hydrogen (secondary N) is 1. The first-order valence-electron chi connectivity index (χ1n) is 4.88. The fourth-order valence-corrected chi connectivity index (χ4v) is 1.20. The maximum atomic E-state index is 8.52. The molecule has 4 N–H and O–H groups in total. The Hall–Kier alpha value is -0.810. The van der Waals surface area contributed by atoms with Crippen LogP contribution in [-0.4, -0.2) is 36.8 Å². The first-order chi connectivity index (χ1) is 6.65. The van der Waals surface area contributed by atoms with Crippen molar-refractivity contribution in [2.45, 2.75) is 38.8 Å². The lowest BCUT2D eigenvalue weighted by atomic mass is 10.1. The highest BCUT2D eigenvalue weighted by atomic mass is 16.5. The average Bonchev–Trinajstić information content (AvgIpc) is 2.21. The molecule has 0 heterocycles. The maximum Gasteiger partial charge on any atom is 0.156 e. The highest BCUT2D eigenvalue weighted by Gasteiger charge is 2.13. The average molecular weight is 203 g/mol. The Morgan fingerprint density at radius 1 is 1.64 bits per heavy atom. The minimum atomic E-state index is -0.0631. The van der Waals surface area contributed by atoms with E-state index in [1.807, 2.05) is 13.8 Å². The molecule has 0 fully saturated rings. The third-order valence-corrected chi connectivity index (χ3v) is 2.12. The summed E-state index contributed by atoms with van der Waals surface area (Å²) in [5.74, 6) is 0.233. The molecule has 0 saturated carbocycles. The number of hydrogen-bond acceptors (Lipinski definition) is 4. The van der Waals surface area contributed by atoms with Crippen LogP contribution in [0.2, 0.25) is 0 Å². The second kappa shape index (κ2) is 7.58. The van der Waals surface area contributed by atoms with Crippen LogP contribution in [-0.2, 0) is 4.74 Å². The van der Waals surface area contributed by atoms with E-state index in [0.717, 1.165) is 12.8 Å².